The van der Waals surface area contributed by atoms with Gasteiger partial charge >= 0.3 is 6.18 Å². The van der Waals surface area contributed by atoms with Crippen LogP contribution in [0.2, 0.25) is 0 Å². The summed E-state index contributed by atoms with van der Waals surface area (Å²) in [5, 5.41) is 2.48. The number of pyridine rings is 1. The van der Waals surface area contributed by atoms with Crippen molar-refractivity contribution >= 4 is 28.9 Å². The van der Waals surface area contributed by atoms with Crippen molar-refractivity contribution in [3.05, 3.63) is 64.2 Å². The van der Waals surface area contributed by atoms with E-state index in [1.165, 1.54) is 25.1 Å². The molecule has 0 saturated carbocycles. The summed E-state index contributed by atoms with van der Waals surface area (Å²) < 4.78 is 75.1. The van der Waals surface area contributed by atoms with E-state index in [1.54, 1.807) is 0 Å². The lowest BCUT2D eigenvalue weighted by atomic mass is 10.1. The van der Waals surface area contributed by atoms with Crippen molar-refractivity contribution in [1.82, 2.24) is 10.3 Å². The number of nitrogens with zero attached hydrogens (tertiary/aromatic N) is 2. The molecule has 31 heavy (non-hydrogen) atoms. The number of hydrogen-bond donors (Lipinski definition) is 1. The summed E-state index contributed by atoms with van der Waals surface area (Å²) in [5.74, 6) is 0.725. The summed E-state index contributed by atoms with van der Waals surface area (Å²) >= 11 is -2.73. The van der Waals surface area contributed by atoms with Crippen LogP contribution >= 0.6 is 0 Å². The normalized spacial score (nSPS) is 12.5. The van der Waals surface area contributed by atoms with E-state index in [9.17, 15) is 31.1 Å². The second-order valence-electron chi connectivity index (χ2n) is 6.25. The van der Waals surface area contributed by atoms with Crippen molar-refractivity contribution in [3.63, 3.8) is 0 Å². The van der Waals surface area contributed by atoms with Gasteiger partial charge in [-0.25, -0.2) is 9.37 Å². The van der Waals surface area contributed by atoms with E-state index < -0.39 is 34.9 Å². The van der Waals surface area contributed by atoms with Crippen LogP contribution < -0.4 is 9.62 Å². The number of alkyl halides is 3. The summed E-state index contributed by atoms with van der Waals surface area (Å²) in [6.45, 7) is 1.26. The summed E-state index contributed by atoms with van der Waals surface area (Å²) in [4.78, 5) is 15.5. The highest BCUT2D eigenvalue weighted by molar-refractivity contribution is 7.80. The van der Waals surface area contributed by atoms with Crippen LogP contribution in [0.3, 0.4) is 0 Å². The molecule has 1 atom stereocenters. The summed E-state index contributed by atoms with van der Waals surface area (Å²) in [5.41, 5.74) is -0.646. The Kier molecular flexibility index (Phi) is 7.54. The molecule has 1 aromatic carbocycles. The van der Waals surface area contributed by atoms with Crippen molar-refractivity contribution < 1.29 is 31.1 Å². The van der Waals surface area contributed by atoms with Gasteiger partial charge in [0.15, 0.2) is 0 Å². The lowest BCUT2D eigenvalue weighted by Gasteiger charge is -2.23. The van der Waals surface area contributed by atoms with E-state index in [2.05, 4.69) is 16.2 Å². The molecule has 1 amide bonds. The molecule has 0 spiro atoms. The first-order chi connectivity index (χ1) is 14.4. The van der Waals surface area contributed by atoms with Gasteiger partial charge in [-0.1, -0.05) is 12.0 Å². The summed E-state index contributed by atoms with van der Waals surface area (Å²) in [7, 11) is 1.13. The Bertz CT molecular complexity index is 1090. The first-order valence-corrected chi connectivity index (χ1v) is 9.60. The van der Waals surface area contributed by atoms with Gasteiger partial charge in [-0.2, -0.15) is 13.2 Å². The highest BCUT2D eigenvalue weighted by Crippen LogP contribution is 2.28. The molecule has 0 radical (unpaired) electrons. The van der Waals surface area contributed by atoms with Crippen LogP contribution in [0.1, 0.15) is 28.1 Å². The van der Waals surface area contributed by atoms with Crippen molar-refractivity contribution in [2.24, 2.45) is 0 Å². The van der Waals surface area contributed by atoms with Gasteiger partial charge in [0, 0.05) is 36.6 Å². The fraction of sp³-hybridized carbons (Fsp3) is 0.200. The Morgan fingerprint density at radius 1 is 1.39 bits per heavy atom. The molecule has 2 aromatic rings. The number of benzene rings is 1. The number of rotatable bonds is 6. The van der Waals surface area contributed by atoms with E-state index in [0.29, 0.717) is 9.87 Å². The minimum atomic E-state index is -4.57. The molecule has 0 aliphatic heterocycles. The topological polar surface area (TPSA) is 85.4 Å². The fourth-order valence-electron chi connectivity index (χ4n) is 2.58. The molecule has 0 aliphatic rings. The number of anilines is 1. The highest BCUT2D eigenvalue weighted by atomic mass is 32.2. The van der Waals surface area contributed by atoms with Gasteiger partial charge in [-0.15, -0.1) is 6.42 Å². The van der Waals surface area contributed by atoms with Gasteiger partial charge in [-0.05, 0) is 42.3 Å². The minimum absolute atomic E-state index is 0.0158. The molecule has 1 heterocycles. The molecule has 2 rings (SSSR count). The zero-order chi connectivity index (χ0) is 23.3. The largest absolute Gasteiger partial charge is 0.755 e. The molecule has 0 fully saturated rings. The smallest absolute Gasteiger partial charge is 0.433 e. The Hall–Kier alpha value is -3.23. The third-order valence-electron chi connectivity index (χ3n) is 4.12. The zero-order valence-corrected chi connectivity index (χ0v) is 17.1. The van der Waals surface area contributed by atoms with Crippen LogP contribution in [0.4, 0.5) is 23.2 Å². The zero-order valence-electron chi connectivity index (χ0n) is 16.3. The molecular weight excluding hydrogens is 438 g/mol. The number of nitrogens with one attached hydrogen (secondary N) is 1. The van der Waals surface area contributed by atoms with Crippen LogP contribution in [-0.4, -0.2) is 26.7 Å². The number of terminal acetylenes is 1. The molecule has 1 N–H and O–H groups in total. The number of carbonyl (C=O) groups is 1. The van der Waals surface area contributed by atoms with E-state index in [4.69, 9.17) is 6.42 Å². The highest BCUT2D eigenvalue weighted by Gasteiger charge is 2.32. The first-order valence-electron chi connectivity index (χ1n) is 8.57. The molecule has 1 aromatic heterocycles. The Balaban J connectivity index is 2.10. The monoisotopic (exact) mass is 454 g/mol. The predicted molar refractivity (Wildman–Crippen MR) is 107 cm³/mol. The van der Waals surface area contributed by atoms with Crippen molar-refractivity contribution in [2.75, 3.05) is 11.4 Å². The van der Waals surface area contributed by atoms with Crippen LogP contribution in [0, 0.1) is 25.1 Å². The minimum Gasteiger partial charge on any atom is -0.755 e. The third-order valence-corrected chi connectivity index (χ3v) is 4.75. The lowest BCUT2D eigenvalue weighted by molar-refractivity contribution is -0.141. The number of aryl methyl sites for hydroxylation is 1. The van der Waals surface area contributed by atoms with Gasteiger partial charge in [0.25, 0.3) is 0 Å². The van der Waals surface area contributed by atoms with E-state index in [0.717, 1.165) is 25.3 Å². The average Bonchev–Trinajstić information content (AvgIpc) is 2.69. The number of carbonyl (C=O) groups excluding carboxylic acids is 1. The molecular formula is C20H16F4N3O3S-. The second kappa shape index (κ2) is 9.72. The molecule has 0 saturated heterocycles. The van der Waals surface area contributed by atoms with Crippen molar-refractivity contribution in [3.8, 4) is 12.3 Å². The van der Waals surface area contributed by atoms with Gasteiger partial charge in [0.2, 0.25) is 5.91 Å². The Morgan fingerprint density at radius 2 is 2.06 bits per heavy atom. The van der Waals surface area contributed by atoms with Crippen LogP contribution in [0.5, 0.6) is 0 Å². The number of hydrogen-bond acceptors (Lipinski definition) is 4. The van der Waals surface area contributed by atoms with E-state index in [1.807, 2.05) is 0 Å². The number of aromatic nitrogens is 1. The molecule has 6 nitrogen and oxygen atoms in total. The molecule has 0 bridgehead atoms. The predicted octanol–water partition coefficient (Wildman–Crippen LogP) is 3.09. The maximum atomic E-state index is 14.3. The third kappa shape index (κ3) is 6.13. The van der Waals surface area contributed by atoms with E-state index >= 15 is 0 Å². The van der Waals surface area contributed by atoms with Crippen LogP contribution in [-0.2, 0) is 28.8 Å². The number of amides is 1. The van der Waals surface area contributed by atoms with Crippen LogP contribution in [0.15, 0.2) is 30.3 Å². The number of halogens is 4. The second-order valence-corrected chi connectivity index (χ2v) is 7.23. The van der Waals surface area contributed by atoms with Crippen molar-refractivity contribution in [1.29, 1.82) is 0 Å². The molecule has 11 heteroatoms. The molecule has 164 valence electrons. The lowest BCUT2D eigenvalue weighted by Crippen LogP contribution is -2.23. The Morgan fingerprint density at radius 3 is 2.61 bits per heavy atom. The average molecular weight is 454 g/mol. The van der Waals surface area contributed by atoms with Gasteiger partial charge in [-0.3, -0.25) is 9.00 Å². The van der Waals surface area contributed by atoms with Gasteiger partial charge in [0.1, 0.15) is 11.5 Å². The first kappa shape index (κ1) is 24.0. The summed E-state index contributed by atoms with van der Waals surface area (Å²) in [6, 6.07) is 4.39. The van der Waals surface area contributed by atoms with Crippen LogP contribution in [0.25, 0.3) is 6.08 Å². The van der Waals surface area contributed by atoms with E-state index in [-0.39, 0.29) is 29.1 Å². The van der Waals surface area contributed by atoms with Gasteiger partial charge in [0.05, 0.1) is 11.3 Å². The summed E-state index contributed by atoms with van der Waals surface area (Å²) in [6.07, 6.45) is 3.16. The maximum absolute atomic E-state index is 14.3. The quantitative estimate of drug-likeness (QED) is 0.315. The maximum Gasteiger partial charge on any atom is 0.433 e. The van der Waals surface area contributed by atoms with Gasteiger partial charge < -0.3 is 14.2 Å². The SMILES string of the molecule is C#Cc1cc(CNC(=O)C=Cc2ccc(C(F)(F)F)nc2C)cc(F)c1N(C)S(=O)[O-]. The Labute approximate surface area is 178 Å². The standard InChI is InChI=1S/C20H17F4N3O3S/c1-4-14-9-13(10-16(21)19(14)27(3)31(29)30)11-25-18(28)8-6-15-5-7-17(20(22,23)24)26-12(15)2/h1,5-10H,11H2,2-3H3,(H,25,28)(H,29,30)/p-1. The molecule has 1 unspecified atom stereocenters. The molecule has 0 aliphatic carbocycles. The fourth-order valence-corrected chi connectivity index (χ4v) is 2.92. The van der Waals surface area contributed by atoms with Crippen molar-refractivity contribution in [2.45, 2.75) is 19.6 Å².